The molecule has 0 radical (unpaired) electrons. The van der Waals surface area contributed by atoms with Gasteiger partial charge >= 0.3 is 0 Å². The van der Waals surface area contributed by atoms with Gasteiger partial charge in [-0.2, -0.15) is 0 Å². The molecule has 0 aliphatic heterocycles. The summed E-state index contributed by atoms with van der Waals surface area (Å²) < 4.78 is 0. The van der Waals surface area contributed by atoms with Gasteiger partial charge in [-0.25, -0.2) is 0 Å². The molecule has 5 N–H and O–H groups in total. The lowest BCUT2D eigenvalue weighted by Gasteiger charge is -2.06. The van der Waals surface area contributed by atoms with Crippen LogP contribution in [0.25, 0.3) is 0 Å². The molecule has 0 aliphatic carbocycles. The maximum Gasteiger partial charge on any atom is 0.235 e. The van der Waals surface area contributed by atoms with E-state index >= 15 is 0 Å². The van der Waals surface area contributed by atoms with Crippen molar-refractivity contribution in [3.8, 4) is 0 Å². The minimum Gasteiger partial charge on any atom is -0.368 e. The van der Waals surface area contributed by atoms with E-state index in [0.29, 0.717) is 11.6 Å². The fourth-order valence-corrected chi connectivity index (χ4v) is 1.26. The fourth-order valence-electron chi connectivity index (χ4n) is 0.421. The lowest BCUT2D eigenvalue weighted by atomic mass is 10.3. The van der Waals surface area contributed by atoms with Crippen LogP contribution in [-0.4, -0.2) is 29.5 Å². The molecule has 0 aliphatic rings. The number of amides is 2. The van der Waals surface area contributed by atoms with Crippen LogP contribution in [0.4, 0.5) is 0 Å². The third-order valence-corrected chi connectivity index (χ3v) is 2.03. The normalized spacial score (nSPS) is 11.2. The fraction of sp³-hybridized carbons (Fsp3) is 0.667. The minimum absolute atomic E-state index is 0. The van der Waals surface area contributed by atoms with Crippen molar-refractivity contribution < 1.29 is 9.59 Å². The largest absolute Gasteiger partial charge is 0.368 e. The van der Waals surface area contributed by atoms with Gasteiger partial charge in [0, 0.05) is 12.7 Å². The van der Waals surface area contributed by atoms with Crippen molar-refractivity contribution in [2.24, 2.45) is 11.5 Å². The molecule has 7 heteroatoms. The summed E-state index contributed by atoms with van der Waals surface area (Å²) in [7, 11) is 0. The van der Waals surface area contributed by atoms with Crippen LogP contribution in [0.5, 0.6) is 0 Å². The Kier molecular flexibility index (Phi) is 9.43. The molecule has 0 rings (SSSR count). The van der Waals surface area contributed by atoms with E-state index in [-0.39, 0.29) is 18.3 Å². The van der Waals surface area contributed by atoms with Crippen LogP contribution in [0, 0.1) is 0 Å². The van der Waals surface area contributed by atoms with E-state index in [2.05, 4.69) is 5.32 Å². The zero-order valence-electron chi connectivity index (χ0n) is 7.28. The Morgan fingerprint density at radius 3 is 2.46 bits per heavy atom. The van der Waals surface area contributed by atoms with E-state index in [4.69, 9.17) is 11.5 Å². The minimum atomic E-state index is -0.635. The summed E-state index contributed by atoms with van der Waals surface area (Å²) in [4.78, 5) is 20.8. The monoisotopic (exact) mass is 227 g/mol. The molecule has 78 valence electrons. The number of hydrogen-bond donors (Lipinski definition) is 3. The maximum atomic E-state index is 10.4. The molecule has 5 nitrogen and oxygen atoms in total. The summed E-state index contributed by atoms with van der Waals surface area (Å²) in [5, 5.41) is 2.56. The second-order valence-electron chi connectivity index (χ2n) is 2.26. The number of hydrogen-bond acceptors (Lipinski definition) is 4. The molecule has 0 spiro atoms. The number of rotatable bonds is 5. The standard InChI is InChI=1S/C6H13N3O2S.ClH/c1-4(10)9-3-12-2-5(7)6(8)11;/h5H,2-3,7H2,1H3,(H2,8,11)(H,9,10);1H. The van der Waals surface area contributed by atoms with Crippen LogP contribution >= 0.6 is 24.2 Å². The second-order valence-corrected chi connectivity index (χ2v) is 3.29. The average molecular weight is 228 g/mol. The Balaban J connectivity index is 0. The third kappa shape index (κ3) is 9.45. The van der Waals surface area contributed by atoms with Gasteiger partial charge in [0.1, 0.15) is 0 Å². The molecule has 0 saturated heterocycles. The Labute approximate surface area is 87.4 Å². The molecule has 0 fully saturated rings. The second kappa shape index (κ2) is 8.15. The van der Waals surface area contributed by atoms with Crippen molar-refractivity contribution >= 4 is 36.0 Å². The predicted molar refractivity (Wildman–Crippen MR) is 55.6 cm³/mol. The summed E-state index contributed by atoms with van der Waals surface area (Å²) in [5.41, 5.74) is 10.2. The van der Waals surface area contributed by atoms with Crippen LogP contribution in [0.1, 0.15) is 6.92 Å². The van der Waals surface area contributed by atoms with Crippen molar-refractivity contribution in [1.29, 1.82) is 0 Å². The Bertz CT molecular complexity index is 179. The average Bonchev–Trinajstić information content (AvgIpc) is 1.97. The number of carbonyl (C=O) groups excluding carboxylic acids is 2. The lowest BCUT2D eigenvalue weighted by Crippen LogP contribution is -2.38. The first-order valence-corrected chi connectivity index (χ1v) is 4.56. The highest BCUT2D eigenvalue weighted by Crippen LogP contribution is 1.98. The van der Waals surface area contributed by atoms with Gasteiger partial charge < -0.3 is 16.8 Å². The van der Waals surface area contributed by atoms with Crippen molar-refractivity contribution in [2.45, 2.75) is 13.0 Å². The van der Waals surface area contributed by atoms with E-state index in [1.54, 1.807) is 0 Å². The van der Waals surface area contributed by atoms with E-state index in [1.165, 1.54) is 18.7 Å². The van der Waals surface area contributed by atoms with Crippen molar-refractivity contribution in [3.63, 3.8) is 0 Å². The summed E-state index contributed by atoms with van der Waals surface area (Å²) in [5.74, 6) is 0.256. The number of halogens is 1. The molecular formula is C6H14ClN3O2S. The first-order valence-electron chi connectivity index (χ1n) is 3.41. The first kappa shape index (κ1) is 15.0. The van der Waals surface area contributed by atoms with E-state index in [0.717, 1.165) is 0 Å². The van der Waals surface area contributed by atoms with Gasteiger partial charge in [-0.05, 0) is 0 Å². The molecule has 1 unspecified atom stereocenters. The molecule has 0 aromatic rings. The van der Waals surface area contributed by atoms with Gasteiger partial charge in [-0.15, -0.1) is 24.2 Å². The van der Waals surface area contributed by atoms with E-state index in [9.17, 15) is 9.59 Å². The lowest BCUT2D eigenvalue weighted by molar-refractivity contribution is -0.119. The van der Waals surface area contributed by atoms with Gasteiger partial charge in [0.15, 0.2) is 0 Å². The molecular weight excluding hydrogens is 214 g/mol. The van der Waals surface area contributed by atoms with Crippen LogP contribution in [0.2, 0.25) is 0 Å². The van der Waals surface area contributed by atoms with Crippen LogP contribution in [-0.2, 0) is 9.59 Å². The number of nitrogens with two attached hydrogens (primary N) is 2. The first-order chi connectivity index (χ1) is 5.54. The van der Waals surface area contributed by atoms with Gasteiger partial charge in [-0.3, -0.25) is 9.59 Å². The Morgan fingerprint density at radius 2 is 2.08 bits per heavy atom. The number of carbonyl (C=O) groups is 2. The third-order valence-electron chi connectivity index (χ3n) is 1.09. The number of primary amides is 1. The topological polar surface area (TPSA) is 98.2 Å². The molecule has 0 aromatic heterocycles. The zero-order valence-corrected chi connectivity index (χ0v) is 8.91. The van der Waals surface area contributed by atoms with Crippen molar-refractivity contribution in [1.82, 2.24) is 5.32 Å². The highest BCUT2D eigenvalue weighted by Gasteiger charge is 2.07. The Hall–Kier alpha value is -0.460. The highest BCUT2D eigenvalue weighted by atomic mass is 35.5. The van der Waals surface area contributed by atoms with Crippen LogP contribution < -0.4 is 16.8 Å². The number of thioether (sulfide) groups is 1. The van der Waals surface area contributed by atoms with E-state index in [1.807, 2.05) is 0 Å². The summed E-state index contributed by atoms with van der Waals surface area (Å²) >= 11 is 1.36. The van der Waals surface area contributed by atoms with Gasteiger partial charge in [0.2, 0.25) is 11.8 Å². The van der Waals surface area contributed by atoms with Gasteiger partial charge in [-0.1, -0.05) is 0 Å². The van der Waals surface area contributed by atoms with Crippen LogP contribution in [0.15, 0.2) is 0 Å². The zero-order chi connectivity index (χ0) is 9.56. The molecule has 2 amide bonds. The number of nitrogens with one attached hydrogen (secondary N) is 1. The SMILES string of the molecule is CC(=O)NCSCC(N)C(N)=O.Cl. The Morgan fingerprint density at radius 1 is 1.54 bits per heavy atom. The summed E-state index contributed by atoms with van der Waals surface area (Å²) in [6.07, 6.45) is 0. The maximum absolute atomic E-state index is 10.4. The van der Waals surface area contributed by atoms with Crippen LogP contribution in [0.3, 0.4) is 0 Å². The molecule has 13 heavy (non-hydrogen) atoms. The molecule has 0 saturated carbocycles. The summed E-state index contributed by atoms with van der Waals surface area (Å²) in [6.45, 7) is 1.43. The quantitative estimate of drug-likeness (QED) is 0.417. The van der Waals surface area contributed by atoms with Gasteiger partial charge in [0.05, 0.1) is 11.9 Å². The summed E-state index contributed by atoms with van der Waals surface area (Å²) in [6, 6.07) is -0.635. The molecule has 0 heterocycles. The predicted octanol–water partition coefficient (Wildman–Crippen LogP) is -0.952. The molecule has 0 aromatic carbocycles. The van der Waals surface area contributed by atoms with Crippen molar-refractivity contribution in [2.75, 3.05) is 11.6 Å². The van der Waals surface area contributed by atoms with E-state index < -0.39 is 11.9 Å². The highest BCUT2D eigenvalue weighted by molar-refractivity contribution is 7.99. The van der Waals surface area contributed by atoms with Gasteiger partial charge in [0.25, 0.3) is 0 Å². The van der Waals surface area contributed by atoms with Crippen molar-refractivity contribution in [3.05, 3.63) is 0 Å². The smallest absolute Gasteiger partial charge is 0.235 e. The molecule has 0 bridgehead atoms. The molecule has 1 atom stereocenters.